The first-order valence-corrected chi connectivity index (χ1v) is 5.04. The predicted molar refractivity (Wildman–Crippen MR) is 53.9 cm³/mol. The van der Waals surface area contributed by atoms with Crippen molar-refractivity contribution in [3.05, 3.63) is 23.8 Å². The monoisotopic (exact) mass is 201 g/mol. The van der Waals surface area contributed by atoms with Gasteiger partial charge < -0.3 is 9.47 Å². The van der Waals surface area contributed by atoms with Crippen molar-refractivity contribution in [3.63, 3.8) is 0 Å². The topological polar surface area (TPSA) is 42.2 Å². The number of ether oxygens (including phenoxy) is 2. The van der Waals surface area contributed by atoms with E-state index < -0.39 is 0 Å². The highest BCUT2D eigenvalue weighted by molar-refractivity contribution is 5.52. The van der Waals surface area contributed by atoms with Gasteiger partial charge in [0.05, 0.1) is 18.6 Å². The van der Waals surface area contributed by atoms with Gasteiger partial charge in [0.1, 0.15) is 17.6 Å². The van der Waals surface area contributed by atoms with Gasteiger partial charge in [0.2, 0.25) is 0 Å². The molecule has 0 amide bonds. The summed E-state index contributed by atoms with van der Waals surface area (Å²) in [4.78, 5) is 0. The molecule has 0 saturated heterocycles. The van der Waals surface area contributed by atoms with Gasteiger partial charge in [-0.2, -0.15) is 5.26 Å². The lowest BCUT2D eigenvalue weighted by Crippen LogP contribution is -2.50. The normalized spacial score (nSPS) is 30.5. The Morgan fingerprint density at radius 3 is 3.00 bits per heavy atom. The lowest BCUT2D eigenvalue weighted by Gasteiger charge is -2.48. The van der Waals surface area contributed by atoms with Crippen molar-refractivity contribution in [3.8, 4) is 17.6 Å². The van der Waals surface area contributed by atoms with E-state index in [1.807, 2.05) is 18.2 Å². The Kier molecular flexibility index (Phi) is 1.53. The van der Waals surface area contributed by atoms with Crippen molar-refractivity contribution >= 4 is 0 Å². The van der Waals surface area contributed by atoms with E-state index in [0.717, 1.165) is 29.9 Å². The van der Waals surface area contributed by atoms with E-state index in [4.69, 9.17) is 9.47 Å². The van der Waals surface area contributed by atoms with E-state index in [9.17, 15) is 5.26 Å². The summed E-state index contributed by atoms with van der Waals surface area (Å²) in [7, 11) is 1.63. The maximum atomic E-state index is 9.22. The van der Waals surface area contributed by atoms with E-state index in [1.54, 1.807) is 7.11 Å². The van der Waals surface area contributed by atoms with Crippen LogP contribution in [0.2, 0.25) is 0 Å². The van der Waals surface area contributed by atoms with E-state index >= 15 is 0 Å². The SMILES string of the molecule is COc1ccc2c(c1)OC1CC2(C#N)C1. The number of methoxy groups -OCH3 is 1. The van der Waals surface area contributed by atoms with Gasteiger partial charge in [-0.1, -0.05) is 6.07 Å². The first-order chi connectivity index (χ1) is 7.27. The second kappa shape index (κ2) is 2.66. The first-order valence-electron chi connectivity index (χ1n) is 5.04. The van der Waals surface area contributed by atoms with Crippen LogP contribution in [-0.2, 0) is 5.41 Å². The van der Waals surface area contributed by atoms with Gasteiger partial charge in [0, 0.05) is 24.5 Å². The van der Waals surface area contributed by atoms with Crippen LogP contribution < -0.4 is 9.47 Å². The van der Waals surface area contributed by atoms with Crippen molar-refractivity contribution < 1.29 is 9.47 Å². The molecule has 1 fully saturated rings. The Hall–Kier alpha value is -1.69. The summed E-state index contributed by atoms with van der Waals surface area (Å²) in [6.45, 7) is 0. The maximum Gasteiger partial charge on any atom is 0.128 e. The standard InChI is InChI=1S/C12H11NO2/c1-14-8-2-3-10-11(4-8)15-9-5-12(10,6-9)7-13/h2-4,9H,5-6H2,1H3. The number of nitriles is 1. The van der Waals surface area contributed by atoms with Gasteiger partial charge in [-0.05, 0) is 6.07 Å². The molecule has 2 bridgehead atoms. The van der Waals surface area contributed by atoms with Gasteiger partial charge in [0.25, 0.3) is 0 Å². The Morgan fingerprint density at radius 2 is 2.33 bits per heavy atom. The molecule has 4 rings (SSSR count). The second-order valence-electron chi connectivity index (χ2n) is 4.20. The molecule has 1 saturated carbocycles. The summed E-state index contributed by atoms with van der Waals surface area (Å²) < 4.78 is 10.9. The lowest BCUT2D eigenvalue weighted by atomic mass is 9.61. The molecule has 76 valence electrons. The van der Waals surface area contributed by atoms with Crippen LogP contribution in [-0.4, -0.2) is 13.2 Å². The Morgan fingerprint density at radius 1 is 1.53 bits per heavy atom. The molecule has 3 nitrogen and oxygen atoms in total. The predicted octanol–water partition coefficient (Wildman–Crippen LogP) is 2.01. The molecule has 0 aromatic heterocycles. The largest absolute Gasteiger partial charge is 0.497 e. The summed E-state index contributed by atoms with van der Waals surface area (Å²) in [6, 6.07) is 8.13. The van der Waals surface area contributed by atoms with E-state index in [-0.39, 0.29) is 11.5 Å². The molecule has 0 N–H and O–H groups in total. The number of benzene rings is 1. The van der Waals surface area contributed by atoms with Gasteiger partial charge in [0.15, 0.2) is 0 Å². The molecule has 1 aliphatic carbocycles. The van der Waals surface area contributed by atoms with E-state index in [1.165, 1.54) is 0 Å². The van der Waals surface area contributed by atoms with Crippen molar-refractivity contribution in [2.45, 2.75) is 24.4 Å². The highest BCUT2D eigenvalue weighted by Gasteiger charge is 2.52. The number of hydrogen-bond acceptors (Lipinski definition) is 3. The van der Waals surface area contributed by atoms with Gasteiger partial charge >= 0.3 is 0 Å². The minimum Gasteiger partial charge on any atom is -0.497 e. The van der Waals surface area contributed by atoms with E-state index in [0.29, 0.717) is 0 Å². The third-order valence-corrected chi connectivity index (χ3v) is 3.36. The van der Waals surface area contributed by atoms with Crippen molar-refractivity contribution in [1.82, 2.24) is 0 Å². The zero-order valence-corrected chi connectivity index (χ0v) is 8.49. The highest BCUT2D eigenvalue weighted by Crippen LogP contribution is 2.53. The smallest absolute Gasteiger partial charge is 0.128 e. The van der Waals surface area contributed by atoms with Crippen LogP contribution in [0, 0.1) is 11.3 Å². The molecule has 0 unspecified atom stereocenters. The fraction of sp³-hybridized carbons (Fsp3) is 0.417. The Labute approximate surface area is 88.2 Å². The van der Waals surface area contributed by atoms with Crippen LogP contribution in [0.15, 0.2) is 18.2 Å². The highest BCUT2D eigenvalue weighted by atomic mass is 16.5. The summed E-state index contributed by atoms with van der Waals surface area (Å²) in [6.07, 6.45) is 1.90. The molecule has 0 spiro atoms. The van der Waals surface area contributed by atoms with E-state index in [2.05, 4.69) is 6.07 Å². The molecule has 2 heterocycles. The minimum atomic E-state index is -0.287. The summed E-state index contributed by atoms with van der Waals surface area (Å²) in [5.41, 5.74) is 0.734. The van der Waals surface area contributed by atoms with Crippen LogP contribution in [0.1, 0.15) is 18.4 Å². The molecule has 0 radical (unpaired) electrons. The van der Waals surface area contributed by atoms with Crippen LogP contribution in [0.4, 0.5) is 0 Å². The van der Waals surface area contributed by atoms with Gasteiger partial charge in [-0.25, -0.2) is 0 Å². The zero-order chi connectivity index (χ0) is 10.5. The molecule has 2 aliphatic heterocycles. The molecule has 15 heavy (non-hydrogen) atoms. The van der Waals surface area contributed by atoms with Crippen LogP contribution in [0.5, 0.6) is 11.5 Å². The third-order valence-electron chi connectivity index (χ3n) is 3.36. The average Bonchev–Trinajstić information content (AvgIpc) is 2.25. The molecule has 1 aromatic rings. The van der Waals surface area contributed by atoms with Crippen LogP contribution in [0.3, 0.4) is 0 Å². The van der Waals surface area contributed by atoms with Crippen LogP contribution in [0.25, 0.3) is 0 Å². The van der Waals surface area contributed by atoms with Crippen molar-refractivity contribution in [2.75, 3.05) is 7.11 Å². The van der Waals surface area contributed by atoms with Crippen molar-refractivity contribution in [1.29, 1.82) is 5.26 Å². The van der Waals surface area contributed by atoms with Gasteiger partial charge in [-0.15, -0.1) is 0 Å². The molecule has 0 atom stereocenters. The fourth-order valence-electron chi connectivity index (χ4n) is 2.47. The molecule has 3 aliphatic rings. The number of hydrogen-bond donors (Lipinski definition) is 0. The maximum absolute atomic E-state index is 9.22. The summed E-state index contributed by atoms with van der Waals surface area (Å²) in [5.74, 6) is 1.60. The Balaban J connectivity index is 2.13. The molecule has 3 heteroatoms. The van der Waals surface area contributed by atoms with Crippen molar-refractivity contribution in [2.24, 2.45) is 0 Å². The first kappa shape index (κ1) is 8.60. The number of rotatable bonds is 1. The summed E-state index contributed by atoms with van der Waals surface area (Å²) in [5, 5.41) is 9.22. The van der Waals surface area contributed by atoms with Gasteiger partial charge in [-0.3, -0.25) is 0 Å². The quantitative estimate of drug-likeness (QED) is 0.698. The average molecular weight is 201 g/mol. The molecular weight excluding hydrogens is 190 g/mol. The van der Waals surface area contributed by atoms with Crippen LogP contribution >= 0.6 is 0 Å². The molecular formula is C12H11NO2. The lowest BCUT2D eigenvalue weighted by molar-refractivity contribution is 0.0355. The third kappa shape index (κ3) is 0.992. The minimum absolute atomic E-state index is 0.226. The summed E-state index contributed by atoms with van der Waals surface area (Å²) >= 11 is 0. The zero-order valence-electron chi connectivity index (χ0n) is 8.49. The molecule has 1 aromatic carbocycles. The Bertz CT molecular complexity index is 455. The second-order valence-corrected chi connectivity index (χ2v) is 4.20. The number of nitrogens with zero attached hydrogens (tertiary/aromatic N) is 1. The fourth-order valence-corrected chi connectivity index (χ4v) is 2.47.